The van der Waals surface area contributed by atoms with Crippen LogP contribution in [0, 0.1) is 12.3 Å². The second kappa shape index (κ2) is 4.64. The lowest BCUT2D eigenvalue weighted by Crippen LogP contribution is -2.23. The molecule has 0 spiro atoms. The summed E-state index contributed by atoms with van der Waals surface area (Å²) in [5, 5.41) is 12.1. The van der Waals surface area contributed by atoms with Gasteiger partial charge in [-0.1, -0.05) is 32.9 Å². The van der Waals surface area contributed by atoms with Gasteiger partial charge in [-0.05, 0) is 41.3 Å². The number of benzene rings is 1. The molecule has 0 fully saturated rings. The monoisotopic (exact) mass is 259 g/mol. The molecule has 0 aliphatic rings. The Morgan fingerprint density at radius 1 is 1.26 bits per heavy atom. The highest BCUT2D eigenvalue weighted by atomic mass is 15.5. The van der Waals surface area contributed by atoms with E-state index in [9.17, 15) is 0 Å². The fourth-order valence-corrected chi connectivity index (χ4v) is 1.87. The van der Waals surface area contributed by atoms with E-state index in [2.05, 4.69) is 43.2 Å². The Morgan fingerprint density at radius 2 is 1.95 bits per heavy atom. The van der Waals surface area contributed by atoms with Gasteiger partial charge in [0.15, 0.2) is 5.82 Å². The molecule has 1 unspecified atom stereocenters. The molecule has 5 heteroatoms. The molecule has 2 N–H and O–H groups in total. The molecule has 5 nitrogen and oxygen atoms in total. The fourth-order valence-electron chi connectivity index (χ4n) is 1.87. The first-order chi connectivity index (χ1) is 8.82. The molecule has 1 atom stereocenters. The van der Waals surface area contributed by atoms with Gasteiger partial charge in [0.2, 0.25) is 0 Å². The summed E-state index contributed by atoms with van der Waals surface area (Å²) < 4.78 is 1.85. The first-order valence-corrected chi connectivity index (χ1v) is 6.45. The van der Waals surface area contributed by atoms with Gasteiger partial charge in [-0.2, -0.15) is 0 Å². The van der Waals surface area contributed by atoms with Gasteiger partial charge >= 0.3 is 0 Å². The summed E-state index contributed by atoms with van der Waals surface area (Å²) in [5.41, 5.74) is 8.88. The summed E-state index contributed by atoms with van der Waals surface area (Å²) in [7, 11) is 0. The van der Waals surface area contributed by atoms with Gasteiger partial charge < -0.3 is 5.73 Å². The lowest BCUT2D eigenvalue weighted by Gasteiger charge is -2.27. The SMILES string of the molecule is Cc1cccc(-c2nnnn2C(C)C(C)(C)C)c1N. The number of hydrogen-bond acceptors (Lipinski definition) is 4. The molecule has 1 aromatic heterocycles. The zero-order valence-corrected chi connectivity index (χ0v) is 12.2. The third-order valence-corrected chi connectivity index (χ3v) is 3.68. The quantitative estimate of drug-likeness (QED) is 0.842. The van der Waals surface area contributed by atoms with Crippen molar-refractivity contribution in [2.45, 2.75) is 40.7 Å². The van der Waals surface area contributed by atoms with E-state index in [0.29, 0.717) is 0 Å². The topological polar surface area (TPSA) is 69.6 Å². The molecule has 102 valence electrons. The smallest absolute Gasteiger partial charge is 0.184 e. The number of nitrogens with zero attached hydrogens (tertiary/aromatic N) is 4. The number of nitrogen functional groups attached to an aromatic ring is 1. The number of tetrazole rings is 1. The number of nitrogens with two attached hydrogens (primary N) is 1. The largest absolute Gasteiger partial charge is 0.398 e. The fraction of sp³-hybridized carbons (Fsp3) is 0.500. The zero-order chi connectivity index (χ0) is 14.2. The maximum atomic E-state index is 6.14. The highest BCUT2D eigenvalue weighted by Crippen LogP contribution is 2.34. The van der Waals surface area contributed by atoms with Crippen LogP contribution in [0.5, 0.6) is 0 Å². The van der Waals surface area contributed by atoms with E-state index in [-0.39, 0.29) is 11.5 Å². The van der Waals surface area contributed by atoms with E-state index >= 15 is 0 Å². The van der Waals surface area contributed by atoms with Crippen molar-refractivity contribution in [1.82, 2.24) is 20.2 Å². The Kier molecular flexibility index (Phi) is 3.30. The van der Waals surface area contributed by atoms with Crippen molar-refractivity contribution in [3.8, 4) is 11.4 Å². The third kappa shape index (κ3) is 2.45. The lowest BCUT2D eigenvalue weighted by atomic mass is 9.88. The summed E-state index contributed by atoms with van der Waals surface area (Å²) in [6, 6.07) is 6.10. The van der Waals surface area contributed by atoms with Crippen molar-refractivity contribution in [3.05, 3.63) is 23.8 Å². The number of aromatic nitrogens is 4. The van der Waals surface area contributed by atoms with E-state index in [1.165, 1.54) is 0 Å². The second-order valence-electron chi connectivity index (χ2n) is 6.03. The highest BCUT2D eigenvalue weighted by molar-refractivity contribution is 5.74. The molecular formula is C14H21N5. The minimum absolute atomic E-state index is 0.0721. The van der Waals surface area contributed by atoms with Crippen molar-refractivity contribution >= 4 is 5.69 Å². The van der Waals surface area contributed by atoms with Crippen LogP contribution in [0.4, 0.5) is 5.69 Å². The molecule has 2 aromatic rings. The predicted molar refractivity (Wildman–Crippen MR) is 76.6 cm³/mol. The van der Waals surface area contributed by atoms with Crippen LogP contribution in [-0.2, 0) is 0 Å². The molecule has 1 aromatic carbocycles. The average Bonchev–Trinajstić information content (AvgIpc) is 2.79. The van der Waals surface area contributed by atoms with E-state index in [1.807, 2.05) is 29.8 Å². The molecule has 0 saturated carbocycles. The molecule has 0 saturated heterocycles. The van der Waals surface area contributed by atoms with Crippen LogP contribution in [0.2, 0.25) is 0 Å². The van der Waals surface area contributed by atoms with E-state index in [1.54, 1.807) is 0 Å². The first kappa shape index (κ1) is 13.5. The average molecular weight is 259 g/mol. The molecule has 0 amide bonds. The molecule has 0 aliphatic heterocycles. The van der Waals surface area contributed by atoms with E-state index in [0.717, 1.165) is 22.6 Å². The number of para-hydroxylation sites is 1. The van der Waals surface area contributed by atoms with Gasteiger partial charge in [-0.25, -0.2) is 4.68 Å². The highest BCUT2D eigenvalue weighted by Gasteiger charge is 2.26. The Bertz CT molecular complexity index is 580. The van der Waals surface area contributed by atoms with Gasteiger partial charge in [-0.3, -0.25) is 0 Å². The van der Waals surface area contributed by atoms with Gasteiger partial charge in [0.1, 0.15) is 0 Å². The van der Waals surface area contributed by atoms with Crippen molar-refractivity contribution in [2.24, 2.45) is 5.41 Å². The van der Waals surface area contributed by atoms with Crippen molar-refractivity contribution in [2.75, 3.05) is 5.73 Å². The second-order valence-corrected chi connectivity index (χ2v) is 6.03. The van der Waals surface area contributed by atoms with Gasteiger partial charge in [0.05, 0.1) is 6.04 Å². The van der Waals surface area contributed by atoms with Gasteiger partial charge in [0.25, 0.3) is 0 Å². The van der Waals surface area contributed by atoms with E-state index in [4.69, 9.17) is 5.73 Å². The Hall–Kier alpha value is -1.91. The van der Waals surface area contributed by atoms with Crippen molar-refractivity contribution < 1.29 is 0 Å². The summed E-state index contributed by atoms with van der Waals surface area (Å²) in [5.74, 6) is 0.726. The maximum absolute atomic E-state index is 6.14. The Labute approximate surface area is 113 Å². The van der Waals surface area contributed by atoms with Crippen LogP contribution in [0.1, 0.15) is 39.3 Å². The summed E-state index contributed by atoms with van der Waals surface area (Å²) in [6.07, 6.45) is 0. The molecular weight excluding hydrogens is 238 g/mol. The zero-order valence-electron chi connectivity index (χ0n) is 12.2. The molecule has 19 heavy (non-hydrogen) atoms. The summed E-state index contributed by atoms with van der Waals surface area (Å²) in [6.45, 7) is 10.6. The van der Waals surface area contributed by atoms with Crippen LogP contribution in [0.25, 0.3) is 11.4 Å². The lowest BCUT2D eigenvalue weighted by molar-refractivity contribution is 0.243. The van der Waals surface area contributed by atoms with Crippen LogP contribution in [0.15, 0.2) is 18.2 Å². The summed E-state index contributed by atoms with van der Waals surface area (Å²) in [4.78, 5) is 0. The number of anilines is 1. The maximum Gasteiger partial charge on any atom is 0.184 e. The Morgan fingerprint density at radius 3 is 2.58 bits per heavy atom. The third-order valence-electron chi connectivity index (χ3n) is 3.68. The standard InChI is InChI=1S/C14H21N5/c1-9-7-6-8-11(12(9)15)13-16-17-18-19(13)10(2)14(3,4)5/h6-8,10H,15H2,1-5H3. The summed E-state index contributed by atoms with van der Waals surface area (Å²) >= 11 is 0. The predicted octanol–water partition coefficient (Wildman–Crippen LogP) is 2.84. The number of aryl methyl sites for hydroxylation is 1. The normalized spacial score (nSPS) is 13.5. The molecule has 1 heterocycles. The van der Waals surface area contributed by atoms with E-state index < -0.39 is 0 Å². The number of hydrogen-bond donors (Lipinski definition) is 1. The minimum Gasteiger partial charge on any atom is -0.398 e. The van der Waals surface area contributed by atoms with Gasteiger partial charge in [0, 0.05) is 11.3 Å². The molecule has 2 rings (SSSR count). The Balaban J connectivity index is 2.54. The van der Waals surface area contributed by atoms with Crippen molar-refractivity contribution in [1.29, 1.82) is 0 Å². The van der Waals surface area contributed by atoms with Crippen LogP contribution in [0.3, 0.4) is 0 Å². The first-order valence-electron chi connectivity index (χ1n) is 6.45. The van der Waals surface area contributed by atoms with Crippen LogP contribution >= 0.6 is 0 Å². The van der Waals surface area contributed by atoms with Gasteiger partial charge in [-0.15, -0.1) is 5.10 Å². The molecule has 0 radical (unpaired) electrons. The number of rotatable bonds is 2. The minimum atomic E-state index is 0.0721. The molecule has 0 bridgehead atoms. The molecule has 0 aliphatic carbocycles. The van der Waals surface area contributed by atoms with Crippen molar-refractivity contribution in [3.63, 3.8) is 0 Å². The van der Waals surface area contributed by atoms with Crippen LogP contribution in [-0.4, -0.2) is 20.2 Å². The van der Waals surface area contributed by atoms with Crippen LogP contribution < -0.4 is 5.73 Å².